The summed E-state index contributed by atoms with van der Waals surface area (Å²) in [7, 11) is 4.56. The van der Waals surface area contributed by atoms with Crippen LogP contribution in [-0.4, -0.2) is 205 Å². The summed E-state index contributed by atoms with van der Waals surface area (Å²) in [6.45, 7) is 14.7. The van der Waals surface area contributed by atoms with Crippen LogP contribution in [0.15, 0.2) is 42.5 Å². The first kappa shape index (κ1) is 60.8. The molecule has 0 radical (unpaired) electrons. The van der Waals surface area contributed by atoms with Gasteiger partial charge in [-0.15, -0.1) is 0 Å². The highest BCUT2D eigenvalue weighted by molar-refractivity contribution is 5.89. The average Bonchev–Trinajstić information content (AvgIpc) is 2.73. The van der Waals surface area contributed by atoms with Crippen LogP contribution in [0.5, 0.6) is 0 Å². The van der Waals surface area contributed by atoms with Crippen LogP contribution in [0, 0.1) is 34.0 Å². The average molecular weight is 1120 g/mol. The Kier molecular flexibility index (Phi) is 18.5. The predicted octanol–water partition coefficient (Wildman–Crippen LogP) is 3.47. The number of allylic oxidation sites excluding steroid dienone is 1. The van der Waals surface area contributed by atoms with E-state index in [1.807, 2.05) is 33.8 Å². The quantitative estimate of drug-likeness (QED) is 0.102. The van der Waals surface area contributed by atoms with Gasteiger partial charge in [0.15, 0.2) is 25.2 Å². The number of aliphatic hydroxyl groups excluding tert-OH is 5. The van der Waals surface area contributed by atoms with Gasteiger partial charge < -0.3 is 92.2 Å². The zero-order valence-corrected chi connectivity index (χ0v) is 47.6. The molecule has 4 aliphatic carbocycles. The Bertz CT molecular complexity index is 2260. The van der Waals surface area contributed by atoms with Gasteiger partial charge in [-0.05, 0) is 95.1 Å². The molecule has 446 valence electrons. The Hall–Kier alpha value is -2.78. The Morgan fingerprint density at radius 2 is 1.32 bits per heavy atom. The monoisotopic (exact) mass is 1120 g/mol. The molecule has 3 saturated carbocycles. The highest BCUT2D eigenvalue weighted by atomic mass is 16.8. The number of benzene rings is 1. The molecule has 21 nitrogen and oxygen atoms in total. The third-order valence-corrected chi connectivity index (χ3v) is 20.2. The minimum Gasteiger partial charge on any atom is -0.463 e. The molecule has 4 aliphatic heterocycles. The van der Waals surface area contributed by atoms with E-state index in [0.29, 0.717) is 37.7 Å². The molecule has 0 amide bonds. The van der Waals surface area contributed by atoms with E-state index >= 15 is 0 Å². The third-order valence-electron chi connectivity index (χ3n) is 20.2. The molecule has 1 aromatic carbocycles. The van der Waals surface area contributed by atoms with E-state index in [2.05, 4.69) is 26.0 Å². The van der Waals surface area contributed by atoms with E-state index in [0.717, 1.165) is 12.8 Å². The zero-order valence-electron chi connectivity index (χ0n) is 47.6. The lowest BCUT2D eigenvalue weighted by Gasteiger charge is -2.66. The maximum atomic E-state index is 13.9. The normalized spacial score (nSPS) is 49.2. The minimum absolute atomic E-state index is 0.0357. The topological polar surface area (TPSA) is 276 Å². The second-order valence-electron chi connectivity index (χ2n) is 24.5. The van der Waals surface area contributed by atoms with Crippen LogP contribution in [0.2, 0.25) is 0 Å². The van der Waals surface area contributed by atoms with Gasteiger partial charge in [-0.3, -0.25) is 4.79 Å². The molecule has 0 aromatic heterocycles. The van der Waals surface area contributed by atoms with E-state index in [1.165, 1.54) is 14.0 Å². The van der Waals surface area contributed by atoms with Gasteiger partial charge in [0.05, 0.1) is 54.4 Å². The van der Waals surface area contributed by atoms with Crippen molar-refractivity contribution in [1.29, 1.82) is 0 Å². The fourth-order valence-corrected chi connectivity index (χ4v) is 15.5. The molecule has 0 spiro atoms. The van der Waals surface area contributed by atoms with Crippen molar-refractivity contribution in [1.82, 2.24) is 0 Å². The molecular weight excluding hydrogens is 1030 g/mol. The maximum absolute atomic E-state index is 13.9. The van der Waals surface area contributed by atoms with Gasteiger partial charge in [0.2, 0.25) is 0 Å². The van der Waals surface area contributed by atoms with Gasteiger partial charge >= 0.3 is 11.9 Å². The maximum Gasteiger partial charge on any atom is 0.338 e. The lowest BCUT2D eigenvalue weighted by atomic mass is 9.41. The van der Waals surface area contributed by atoms with E-state index in [4.69, 9.17) is 61.6 Å². The largest absolute Gasteiger partial charge is 0.463 e. The van der Waals surface area contributed by atoms with Crippen LogP contribution in [0.4, 0.5) is 0 Å². The Morgan fingerprint density at radius 3 is 1.94 bits per heavy atom. The summed E-state index contributed by atoms with van der Waals surface area (Å²) in [5, 5.41) is 65.7. The van der Waals surface area contributed by atoms with Crippen LogP contribution in [0.1, 0.15) is 117 Å². The van der Waals surface area contributed by atoms with Crippen LogP contribution in [-0.2, 0) is 66.4 Å². The van der Waals surface area contributed by atoms with Crippen molar-refractivity contribution in [3.63, 3.8) is 0 Å². The number of fused-ring (bicyclic) bond motifs is 5. The van der Waals surface area contributed by atoms with Crippen LogP contribution < -0.4 is 0 Å². The smallest absolute Gasteiger partial charge is 0.338 e. The van der Waals surface area contributed by atoms with Crippen LogP contribution in [0.3, 0.4) is 0 Å². The summed E-state index contributed by atoms with van der Waals surface area (Å²) in [5.41, 5.74) is -2.35. The zero-order chi connectivity index (χ0) is 57.1. The third kappa shape index (κ3) is 11.1. The number of esters is 2. The van der Waals surface area contributed by atoms with E-state index in [1.54, 1.807) is 45.4 Å². The fourth-order valence-electron chi connectivity index (χ4n) is 15.5. The van der Waals surface area contributed by atoms with Crippen molar-refractivity contribution >= 4 is 11.9 Å². The van der Waals surface area contributed by atoms with Gasteiger partial charge in [0.1, 0.15) is 67.1 Å². The van der Waals surface area contributed by atoms with Crippen molar-refractivity contribution < 1.29 is 102 Å². The molecule has 7 fully saturated rings. The van der Waals surface area contributed by atoms with Crippen LogP contribution >= 0.6 is 0 Å². The first-order valence-electron chi connectivity index (χ1n) is 28.5. The number of hydrogen-bond donors (Lipinski definition) is 6. The van der Waals surface area contributed by atoms with Crippen molar-refractivity contribution in [3.05, 3.63) is 48.0 Å². The SMILES string of the molecule is COC1CC(OC2CCC3(C)C4CC(OC(=O)c5ccccc5)C5(C)C(C(C)OC(C)=O)CCC5(O)C4C=CC3(C)C2)OC(C)C1OC1CC(OC)C(OC2OC(C)C(OC3OC(CO)C(O)C(O)C3O)C(OC)C2O)C(C)O1. The van der Waals surface area contributed by atoms with E-state index in [9.17, 15) is 40.2 Å². The molecule has 1 aromatic rings. The van der Waals surface area contributed by atoms with Crippen molar-refractivity contribution in [3.8, 4) is 0 Å². The molecule has 0 bridgehead atoms. The van der Waals surface area contributed by atoms with Gasteiger partial charge in [-0.1, -0.05) is 51.1 Å². The number of aliphatic hydroxyl groups is 6. The standard InChI is InChI=1S/C58H88O21/c1-28(70-32(5)60)35-19-22-58(66)36-18-20-55(6)26-34(17-21-56(55,7)37(36)23-41(57(35,58)8)76-52(65)33-15-13-12-14-16-33)74-42-24-38(67-9)48(29(2)71-42)77-43-25-39(68-10)49(30(3)72-43)78-54-47(64)51(69-11)50(31(4)73-54)79-53-46(63)45(62)44(61)40(27-59)75-53/h12-16,18,20,28-31,34-51,53-54,59,61-64,66H,17,19,21-27H2,1-11H3. The summed E-state index contributed by atoms with van der Waals surface area (Å²) in [6.07, 6.45) is -10.2. The molecule has 28 atom stereocenters. The van der Waals surface area contributed by atoms with E-state index in [-0.39, 0.29) is 47.1 Å². The highest BCUT2D eigenvalue weighted by Gasteiger charge is 2.73. The molecule has 6 N–H and O–H groups in total. The molecule has 21 heteroatoms. The fraction of sp³-hybridized carbons (Fsp3) is 0.828. The van der Waals surface area contributed by atoms with Gasteiger partial charge in [-0.25, -0.2) is 4.79 Å². The van der Waals surface area contributed by atoms with Crippen molar-refractivity contribution in [2.45, 2.75) is 241 Å². The van der Waals surface area contributed by atoms with Gasteiger partial charge in [0, 0.05) is 58.3 Å². The minimum atomic E-state index is -1.67. The molecule has 8 aliphatic rings. The molecule has 4 saturated heterocycles. The first-order valence-corrected chi connectivity index (χ1v) is 28.5. The lowest BCUT2D eigenvalue weighted by Crippen LogP contribution is -2.68. The number of ether oxygens (including phenoxy) is 13. The summed E-state index contributed by atoms with van der Waals surface area (Å²) in [6, 6.07) is 8.95. The Balaban J connectivity index is 0.821. The summed E-state index contributed by atoms with van der Waals surface area (Å²) < 4.78 is 80.8. The second-order valence-corrected chi connectivity index (χ2v) is 24.5. The summed E-state index contributed by atoms with van der Waals surface area (Å²) in [4.78, 5) is 26.2. The summed E-state index contributed by atoms with van der Waals surface area (Å²) >= 11 is 0. The predicted molar refractivity (Wildman–Crippen MR) is 277 cm³/mol. The first-order chi connectivity index (χ1) is 37.4. The van der Waals surface area contributed by atoms with E-state index < -0.39 is 146 Å². The number of hydrogen-bond acceptors (Lipinski definition) is 21. The number of carbonyl (C=O) groups is 2. The van der Waals surface area contributed by atoms with Crippen molar-refractivity contribution in [2.75, 3.05) is 27.9 Å². The van der Waals surface area contributed by atoms with Gasteiger partial charge in [0.25, 0.3) is 0 Å². The van der Waals surface area contributed by atoms with Crippen molar-refractivity contribution in [2.24, 2.45) is 34.0 Å². The molecule has 79 heavy (non-hydrogen) atoms. The molecule has 4 heterocycles. The second kappa shape index (κ2) is 24.1. The number of rotatable bonds is 16. The highest BCUT2D eigenvalue weighted by Crippen LogP contribution is 2.71. The lowest BCUT2D eigenvalue weighted by molar-refractivity contribution is -0.373. The number of carbonyl (C=O) groups excluding carboxylic acids is 2. The molecule has 9 rings (SSSR count). The summed E-state index contributed by atoms with van der Waals surface area (Å²) in [5.74, 6) is -1.33. The molecular formula is C58H88O21. The Labute approximate surface area is 463 Å². The van der Waals surface area contributed by atoms with Crippen LogP contribution in [0.25, 0.3) is 0 Å². The molecule has 28 unspecified atom stereocenters. The Morgan fingerprint density at radius 1 is 0.709 bits per heavy atom. The van der Waals surface area contributed by atoms with Gasteiger partial charge in [-0.2, -0.15) is 0 Å². The number of methoxy groups -OCH3 is 3.